The Labute approximate surface area is 140 Å². The van der Waals surface area contributed by atoms with Gasteiger partial charge in [-0.3, -0.25) is 10.1 Å². The fourth-order valence-electron chi connectivity index (χ4n) is 1.58. The van der Waals surface area contributed by atoms with E-state index in [2.05, 4.69) is 26.2 Å². The molecule has 1 aromatic heterocycles. The number of esters is 1. The van der Waals surface area contributed by atoms with Crippen molar-refractivity contribution in [3.63, 3.8) is 0 Å². The molecule has 6 nitrogen and oxygen atoms in total. The number of carbonyl (C=O) groups is 2. The molecular formula is C14H14BrN3O3S. The van der Waals surface area contributed by atoms with E-state index in [1.807, 2.05) is 31.1 Å². The SMILES string of the molecule is CN(C)c1ccc(C(=O)OCC(=O)Nc2ncc(Br)s2)cc1. The molecule has 0 spiro atoms. The minimum absolute atomic E-state index is 0.356. The Bertz CT molecular complexity index is 670. The highest BCUT2D eigenvalue weighted by molar-refractivity contribution is 9.11. The number of thiazole rings is 1. The van der Waals surface area contributed by atoms with Crippen LogP contribution in [0.25, 0.3) is 0 Å². The molecule has 1 aromatic carbocycles. The molecule has 0 aliphatic rings. The zero-order valence-corrected chi connectivity index (χ0v) is 14.4. The van der Waals surface area contributed by atoms with E-state index >= 15 is 0 Å². The monoisotopic (exact) mass is 383 g/mol. The van der Waals surface area contributed by atoms with E-state index in [-0.39, 0.29) is 6.61 Å². The number of amides is 1. The number of hydrogen-bond donors (Lipinski definition) is 1. The first-order chi connectivity index (χ1) is 10.5. The van der Waals surface area contributed by atoms with Gasteiger partial charge in [0.1, 0.15) is 0 Å². The summed E-state index contributed by atoms with van der Waals surface area (Å²) in [6, 6.07) is 6.94. The third-order valence-corrected chi connectivity index (χ3v) is 4.07. The van der Waals surface area contributed by atoms with Gasteiger partial charge in [0.2, 0.25) is 0 Å². The van der Waals surface area contributed by atoms with Crippen molar-refractivity contribution in [3.05, 3.63) is 39.8 Å². The van der Waals surface area contributed by atoms with Gasteiger partial charge < -0.3 is 9.64 Å². The fourth-order valence-corrected chi connectivity index (χ4v) is 2.70. The van der Waals surface area contributed by atoms with Crippen molar-refractivity contribution in [1.29, 1.82) is 0 Å². The van der Waals surface area contributed by atoms with Crippen LogP contribution in [0.3, 0.4) is 0 Å². The molecule has 0 bridgehead atoms. The Hall–Kier alpha value is -1.93. The quantitative estimate of drug-likeness (QED) is 0.803. The Morgan fingerprint density at radius 2 is 2.00 bits per heavy atom. The molecule has 1 amide bonds. The van der Waals surface area contributed by atoms with E-state index in [4.69, 9.17) is 4.74 Å². The summed E-state index contributed by atoms with van der Waals surface area (Å²) in [6.07, 6.45) is 1.58. The lowest BCUT2D eigenvalue weighted by atomic mass is 10.2. The van der Waals surface area contributed by atoms with Gasteiger partial charge in [0.25, 0.3) is 5.91 Å². The second kappa shape index (κ2) is 7.37. The number of halogens is 1. The topological polar surface area (TPSA) is 71.5 Å². The molecule has 0 aliphatic carbocycles. The summed E-state index contributed by atoms with van der Waals surface area (Å²) in [7, 11) is 3.82. The Morgan fingerprint density at radius 3 is 2.55 bits per heavy atom. The zero-order valence-electron chi connectivity index (χ0n) is 12.0. The minimum Gasteiger partial charge on any atom is -0.452 e. The number of carbonyl (C=O) groups excluding carboxylic acids is 2. The van der Waals surface area contributed by atoms with Crippen LogP contribution in [0, 0.1) is 0 Å². The minimum atomic E-state index is -0.541. The van der Waals surface area contributed by atoms with Gasteiger partial charge in [-0.25, -0.2) is 9.78 Å². The Balaban J connectivity index is 1.85. The average Bonchev–Trinajstić information content (AvgIpc) is 2.90. The van der Waals surface area contributed by atoms with Crippen molar-refractivity contribution in [2.75, 3.05) is 30.9 Å². The number of aromatic nitrogens is 1. The molecule has 22 heavy (non-hydrogen) atoms. The maximum Gasteiger partial charge on any atom is 0.338 e. The predicted molar refractivity (Wildman–Crippen MR) is 89.5 cm³/mol. The number of hydrogen-bond acceptors (Lipinski definition) is 6. The van der Waals surface area contributed by atoms with Crippen LogP contribution in [0.2, 0.25) is 0 Å². The number of benzene rings is 1. The summed E-state index contributed by atoms with van der Waals surface area (Å²) in [4.78, 5) is 29.4. The zero-order chi connectivity index (χ0) is 16.1. The van der Waals surface area contributed by atoms with Crippen molar-refractivity contribution in [2.24, 2.45) is 0 Å². The molecule has 0 radical (unpaired) electrons. The van der Waals surface area contributed by atoms with Crippen molar-refractivity contribution in [1.82, 2.24) is 4.98 Å². The summed E-state index contributed by atoms with van der Waals surface area (Å²) in [5.41, 5.74) is 1.37. The first-order valence-electron chi connectivity index (χ1n) is 6.31. The highest BCUT2D eigenvalue weighted by Crippen LogP contribution is 2.22. The van der Waals surface area contributed by atoms with E-state index in [9.17, 15) is 9.59 Å². The second-order valence-electron chi connectivity index (χ2n) is 4.54. The molecule has 0 aliphatic heterocycles. The molecule has 0 atom stereocenters. The summed E-state index contributed by atoms with van der Waals surface area (Å²) < 4.78 is 5.78. The van der Waals surface area contributed by atoms with Crippen LogP contribution in [0.5, 0.6) is 0 Å². The second-order valence-corrected chi connectivity index (χ2v) is 6.95. The van der Waals surface area contributed by atoms with Crippen LogP contribution in [0.1, 0.15) is 10.4 Å². The Morgan fingerprint density at radius 1 is 1.32 bits per heavy atom. The van der Waals surface area contributed by atoms with E-state index in [1.165, 1.54) is 11.3 Å². The summed E-state index contributed by atoms with van der Waals surface area (Å²) in [5, 5.41) is 3.00. The van der Waals surface area contributed by atoms with Crippen LogP contribution in [0.4, 0.5) is 10.8 Å². The van der Waals surface area contributed by atoms with Crippen molar-refractivity contribution in [3.8, 4) is 0 Å². The number of nitrogens with zero attached hydrogens (tertiary/aromatic N) is 2. The molecule has 1 heterocycles. The van der Waals surface area contributed by atoms with Gasteiger partial charge >= 0.3 is 5.97 Å². The third kappa shape index (κ3) is 4.54. The van der Waals surface area contributed by atoms with Gasteiger partial charge in [-0.1, -0.05) is 11.3 Å². The van der Waals surface area contributed by atoms with Crippen molar-refractivity contribution < 1.29 is 14.3 Å². The highest BCUT2D eigenvalue weighted by atomic mass is 79.9. The summed E-state index contributed by atoms with van der Waals surface area (Å²) >= 11 is 4.53. The Kier molecular flexibility index (Phi) is 5.51. The fraction of sp³-hybridized carbons (Fsp3) is 0.214. The molecular weight excluding hydrogens is 370 g/mol. The van der Waals surface area contributed by atoms with Gasteiger partial charge in [0.15, 0.2) is 11.7 Å². The highest BCUT2D eigenvalue weighted by Gasteiger charge is 2.11. The molecule has 0 saturated carbocycles. The lowest BCUT2D eigenvalue weighted by molar-refractivity contribution is -0.119. The van der Waals surface area contributed by atoms with Crippen LogP contribution in [-0.2, 0) is 9.53 Å². The molecule has 2 aromatic rings. The molecule has 0 saturated heterocycles. The first-order valence-corrected chi connectivity index (χ1v) is 7.92. The maximum atomic E-state index is 11.9. The molecule has 0 unspecified atom stereocenters. The van der Waals surface area contributed by atoms with Gasteiger partial charge in [-0.05, 0) is 40.2 Å². The largest absolute Gasteiger partial charge is 0.452 e. The molecule has 1 N–H and O–H groups in total. The van der Waals surface area contributed by atoms with Gasteiger partial charge in [0, 0.05) is 19.8 Å². The summed E-state index contributed by atoms with van der Waals surface area (Å²) in [5.74, 6) is -0.971. The lowest BCUT2D eigenvalue weighted by Gasteiger charge is -2.12. The number of anilines is 2. The van der Waals surface area contributed by atoms with Crippen LogP contribution in [0.15, 0.2) is 34.2 Å². The van der Waals surface area contributed by atoms with E-state index in [0.29, 0.717) is 10.7 Å². The van der Waals surface area contributed by atoms with Crippen LogP contribution in [-0.4, -0.2) is 37.6 Å². The standard InChI is InChI=1S/C14H14BrN3O3S/c1-18(2)10-5-3-9(4-6-10)13(20)21-8-12(19)17-14-16-7-11(15)22-14/h3-7H,8H2,1-2H3,(H,16,17,19). The van der Waals surface area contributed by atoms with E-state index in [0.717, 1.165) is 9.47 Å². The molecule has 8 heteroatoms. The third-order valence-electron chi connectivity index (χ3n) is 2.68. The van der Waals surface area contributed by atoms with Gasteiger partial charge in [0.05, 0.1) is 15.5 Å². The molecule has 2 rings (SSSR count). The van der Waals surface area contributed by atoms with Crippen molar-refractivity contribution in [2.45, 2.75) is 0 Å². The lowest BCUT2D eigenvalue weighted by Crippen LogP contribution is -2.20. The van der Waals surface area contributed by atoms with Crippen LogP contribution >= 0.6 is 27.3 Å². The average molecular weight is 384 g/mol. The van der Waals surface area contributed by atoms with Crippen LogP contribution < -0.4 is 10.2 Å². The molecule has 0 fully saturated rings. The predicted octanol–water partition coefficient (Wildman–Crippen LogP) is 2.77. The maximum absolute atomic E-state index is 11.9. The number of rotatable bonds is 5. The number of nitrogens with one attached hydrogen (secondary N) is 1. The molecule has 116 valence electrons. The number of ether oxygens (including phenoxy) is 1. The van der Waals surface area contributed by atoms with Gasteiger partial charge in [-0.2, -0.15) is 0 Å². The first kappa shape index (κ1) is 16.4. The van der Waals surface area contributed by atoms with Gasteiger partial charge in [-0.15, -0.1) is 0 Å². The normalized spacial score (nSPS) is 10.1. The van der Waals surface area contributed by atoms with Crippen molar-refractivity contribution >= 4 is 50.0 Å². The smallest absolute Gasteiger partial charge is 0.338 e. The summed E-state index contributed by atoms with van der Waals surface area (Å²) in [6.45, 7) is -0.356. The van der Waals surface area contributed by atoms with E-state index < -0.39 is 11.9 Å². The van der Waals surface area contributed by atoms with E-state index in [1.54, 1.807) is 18.3 Å².